The standard InChI is InChI=1S/C18H15F3N2O3S/c1-27(25,26)14-8-6-13(7-9-14)16-15(17(23-22-16)18(19,20)21)12-4-2-11(10-24)3-5-12/h2-9,24H,10H2,1H3,(H,22,23). The highest BCUT2D eigenvalue weighted by atomic mass is 32.2. The number of aromatic nitrogens is 2. The molecule has 0 spiro atoms. The second-order valence-corrected chi connectivity index (χ2v) is 7.99. The zero-order valence-electron chi connectivity index (χ0n) is 14.1. The fraction of sp³-hybridized carbons (Fsp3) is 0.167. The van der Waals surface area contributed by atoms with Crippen molar-refractivity contribution in [2.24, 2.45) is 0 Å². The van der Waals surface area contributed by atoms with Gasteiger partial charge in [0.05, 0.1) is 11.5 Å². The number of halogens is 3. The molecule has 0 saturated heterocycles. The number of alkyl halides is 3. The number of hydrogen-bond donors (Lipinski definition) is 2. The highest BCUT2D eigenvalue weighted by Crippen LogP contribution is 2.41. The van der Waals surface area contributed by atoms with E-state index in [0.29, 0.717) is 11.1 Å². The molecule has 0 saturated carbocycles. The molecule has 0 atom stereocenters. The average molecular weight is 396 g/mol. The number of aromatic amines is 1. The van der Waals surface area contributed by atoms with Crippen LogP contribution in [0.4, 0.5) is 13.2 Å². The van der Waals surface area contributed by atoms with Crippen molar-refractivity contribution in [3.8, 4) is 22.4 Å². The summed E-state index contributed by atoms with van der Waals surface area (Å²) in [5.74, 6) is 0. The van der Waals surface area contributed by atoms with Gasteiger partial charge >= 0.3 is 6.18 Å². The maximum absolute atomic E-state index is 13.4. The van der Waals surface area contributed by atoms with Crippen LogP contribution in [0.1, 0.15) is 11.3 Å². The van der Waals surface area contributed by atoms with E-state index in [9.17, 15) is 21.6 Å². The van der Waals surface area contributed by atoms with Gasteiger partial charge in [-0.2, -0.15) is 18.3 Å². The molecule has 0 radical (unpaired) electrons. The third-order valence-corrected chi connectivity index (χ3v) is 5.16. The second kappa shape index (κ2) is 6.82. The summed E-state index contributed by atoms with van der Waals surface area (Å²) < 4.78 is 63.5. The van der Waals surface area contributed by atoms with E-state index >= 15 is 0 Å². The van der Waals surface area contributed by atoms with Crippen LogP contribution in [0.25, 0.3) is 22.4 Å². The number of nitrogens with one attached hydrogen (secondary N) is 1. The lowest BCUT2D eigenvalue weighted by Crippen LogP contribution is -2.07. The van der Waals surface area contributed by atoms with Gasteiger partial charge in [0.15, 0.2) is 9.84 Å². The van der Waals surface area contributed by atoms with Crippen molar-refractivity contribution in [3.63, 3.8) is 0 Å². The second-order valence-electron chi connectivity index (χ2n) is 5.97. The number of aliphatic hydroxyl groups excluding tert-OH is 1. The molecule has 0 amide bonds. The quantitative estimate of drug-likeness (QED) is 0.705. The normalized spacial score (nSPS) is 12.3. The summed E-state index contributed by atoms with van der Waals surface area (Å²) in [4.78, 5) is 0.0617. The average Bonchev–Trinajstić information content (AvgIpc) is 3.06. The summed E-state index contributed by atoms with van der Waals surface area (Å²) in [6.45, 7) is -0.225. The van der Waals surface area contributed by atoms with Crippen molar-refractivity contribution in [1.29, 1.82) is 0 Å². The molecule has 2 aromatic carbocycles. The molecule has 0 aliphatic carbocycles. The lowest BCUT2D eigenvalue weighted by atomic mass is 9.98. The largest absolute Gasteiger partial charge is 0.433 e. The van der Waals surface area contributed by atoms with Crippen LogP contribution in [0.15, 0.2) is 53.4 Å². The third-order valence-electron chi connectivity index (χ3n) is 4.03. The summed E-state index contributed by atoms with van der Waals surface area (Å²) in [5, 5.41) is 15.0. The topological polar surface area (TPSA) is 83.0 Å². The van der Waals surface area contributed by atoms with Crippen molar-refractivity contribution < 1.29 is 26.7 Å². The number of benzene rings is 2. The van der Waals surface area contributed by atoms with E-state index in [1.165, 1.54) is 48.5 Å². The van der Waals surface area contributed by atoms with Crippen LogP contribution in [-0.2, 0) is 22.6 Å². The van der Waals surface area contributed by atoms with E-state index < -0.39 is 21.7 Å². The van der Waals surface area contributed by atoms with Gasteiger partial charge < -0.3 is 5.11 Å². The van der Waals surface area contributed by atoms with Gasteiger partial charge in [0.25, 0.3) is 0 Å². The molecule has 9 heteroatoms. The van der Waals surface area contributed by atoms with Gasteiger partial charge in [-0.3, -0.25) is 5.10 Å². The van der Waals surface area contributed by atoms with Gasteiger partial charge in [0.1, 0.15) is 11.4 Å². The van der Waals surface area contributed by atoms with E-state index in [1.807, 2.05) is 5.10 Å². The van der Waals surface area contributed by atoms with Crippen molar-refractivity contribution in [2.75, 3.05) is 6.26 Å². The highest BCUT2D eigenvalue weighted by Gasteiger charge is 2.38. The van der Waals surface area contributed by atoms with Crippen molar-refractivity contribution in [1.82, 2.24) is 10.2 Å². The summed E-state index contributed by atoms with van der Waals surface area (Å²) in [5.41, 5.74) is 0.0976. The molecule has 2 N–H and O–H groups in total. The minimum absolute atomic E-state index is 0.0547. The molecular weight excluding hydrogens is 381 g/mol. The number of H-pyrrole nitrogens is 1. The van der Waals surface area contributed by atoms with E-state index in [2.05, 4.69) is 5.10 Å². The number of nitrogens with zero attached hydrogens (tertiary/aromatic N) is 1. The molecule has 0 fully saturated rings. The van der Waals surface area contributed by atoms with E-state index in [4.69, 9.17) is 5.11 Å². The monoisotopic (exact) mass is 396 g/mol. The Morgan fingerprint density at radius 2 is 1.56 bits per heavy atom. The fourth-order valence-electron chi connectivity index (χ4n) is 2.67. The van der Waals surface area contributed by atoms with Crippen molar-refractivity contribution in [2.45, 2.75) is 17.7 Å². The van der Waals surface area contributed by atoms with Crippen LogP contribution in [0.5, 0.6) is 0 Å². The van der Waals surface area contributed by atoms with Gasteiger partial charge in [-0.1, -0.05) is 36.4 Å². The fourth-order valence-corrected chi connectivity index (χ4v) is 3.30. The Labute approximate surface area is 153 Å². The molecule has 3 rings (SSSR count). The first kappa shape index (κ1) is 19.1. The highest BCUT2D eigenvalue weighted by molar-refractivity contribution is 7.90. The lowest BCUT2D eigenvalue weighted by molar-refractivity contribution is -0.140. The van der Waals surface area contributed by atoms with Gasteiger partial charge in [-0.15, -0.1) is 0 Å². The van der Waals surface area contributed by atoms with Gasteiger partial charge in [-0.05, 0) is 23.3 Å². The molecule has 1 aromatic heterocycles. The van der Waals surface area contributed by atoms with Crippen LogP contribution in [0, 0.1) is 0 Å². The van der Waals surface area contributed by atoms with Crippen LogP contribution >= 0.6 is 0 Å². The minimum atomic E-state index is -4.65. The zero-order valence-corrected chi connectivity index (χ0v) is 14.9. The van der Waals surface area contributed by atoms with Crippen molar-refractivity contribution in [3.05, 3.63) is 59.8 Å². The van der Waals surface area contributed by atoms with Gasteiger partial charge in [-0.25, -0.2) is 8.42 Å². The molecular formula is C18H15F3N2O3S. The summed E-state index contributed by atoms with van der Waals surface area (Å²) in [6, 6.07) is 11.5. The molecule has 0 aliphatic rings. The van der Waals surface area contributed by atoms with Gasteiger partial charge in [0.2, 0.25) is 0 Å². The molecule has 1 heterocycles. The molecule has 0 aliphatic heterocycles. The molecule has 142 valence electrons. The number of hydrogen-bond acceptors (Lipinski definition) is 4. The smallest absolute Gasteiger partial charge is 0.392 e. The van der Waals surface area contributed by atoms with Crippen molar-refractivity contribution >= 4 is 9.84 Å². The maximum atomic E-state index is 13.4. The van der Waals surface area contributed by atoms with Crippen LogP contribution in [-0.4, -0.2) is 30.0 Å². The molecule has 3 aromatic rings. The Hall–Kier alpha value is -2.65. The number of sulfone groups is 1. The van der Waals surface area contributed by atoms with E-state index in [-0.39, 0.29) is 28.3 Å². The predicted molar refractivity (Wildman–Crippen MR) is 93.5 cm³/mol. The first-order valence-electron chi connectivity index (χ1n) is 7.77. The Morgan fingerprint density at radius 3 is 2.04 bits per heavy atom. The first-order chi connectivity index (χ1) is 12.6. The van der Waals surface area contributed by atoms with Crippen LogP contribution in [0.3, 0.4) is 0 Å². The first-order valence-corrected chi connectivity index (χ1v) is 9.66. The third kappa shape index (κ3) is 3.88. The van der Waals surface area contributed by atoms with Gasteiger partial charge in [0, 0.05) is 17.4 Å². The molecule has 0 unspecified atom stereocenters. The molecule has 27 heavy (non-hydrogen) atoms. The lowest BCUT2D eigenvalue weighted by Gasteiger charge is -2.10. The number of aliphatic hydroxyl groups is 1. The minimum Gasteiger partial charge on any atom is -0.392 e. The molecule has 5 nitrogen and oxygen atoms in total. The number of rotatable bonds is 4. The predicted octanol–water partition coefficient (Wildman–Crippen LogP) is 3.66. The Kier molecular flexibility index (Phi) is 4.83. The maximum Gasteiger partial charge on any atom is 0.433 e. The van der Waals surface area contributed by atoms with Crippen LogP contribution in [0.2, 0.25) is 0 Å². The molecule has 0 bridgehead atoms. The Bertz CT molecular complexity index is 1050. The summed E-state index contributed by atoms with van der Waals surface area (Å²) in [7, 11) is -3.42. The SMILES string of the molecule is CS(=O)(=O)c1ccc(-c2n[nH]c(C(F)(F)F)c2-c2ccc(CO)cc2)cc1. The van der Waals surface area contributed by atoms with Crippen LogP contribution < -0.4 is 0 Å². The van der Waals surface area contributed by atoms with E-state index in [0.717, 1.165) is 6.26 Å². The summed E-state index contributed by atoms with van der Waals surface area (Å²) >= 11 is 0. The zero-order chi connectivity index (χ0) is 19.8. The Morgan fingerprint density at radius 1 is 1.00 bits per heavy atom. The summed E-state index contributed by atoms with van der Waals surface area (Å²) in [6.07, 6.45) is -3.60. The Balaban J connectivity index is 2.17. The van der Waals surface area contributed by atoms with E-state index in [1.54, 1.807) is 0 Å².